The molecule has 0 aliphatic carbocycles. The molecule has 1 fully saturated rings. The van der Waals surface area contributed by atoms with Crippen molar-refractivity contribution in [2.24, 2.45) is 0 Å². The fourth-order valence-electron chi connectivity index (χ4n) is 4.19. The number of hydrogen-bond donors (Lipinski definition) is 0. The van der Waals surface area contributed by atoms with Crippen molar-refractivity contribution >= 4 is 40.1 Å². The molecule has 0 saturated carbocycles. The molecule has 9 nitrogen and oxygen atoms in total. The Morgan fingerprint density at radius 2 is 1.73 bits per heavy atom. The van der Waals surface area contributed by atoms with Crippen LogP contribution in [0, 0.1) is 10.1 Å². The highest BCUT2D eigenvalue weighted by molar-refractivity contribution is 6.34. The third kappa shape index (κ3) is 4.79. The predicted octanol–water partition coefficient (Wildman–Crippen LogP) is 5.43. The molecule has 0 N–H and O–H groups in total. The Bertz CT molecular complexity index is 1500. The maximum Gasteiger partial charge on any atom is 0.433 e. The van der Waals surface area contributed by atoms with Crippen molar-refractivity contribution in [3.8, 4) is 11.1 Å². The summed E-state index contributed by atoms with van der Waals surface area (Å²) in [4.78, 5) is 35.0. The van der Waals surface area contributed by atoms with E-state index >= 15 is 0 Å². The van der Waals surface area contributed by atoms with Crippen molar-refractivity contribution in [1.82, 2.24) is 14.9 Å². The topological polar surface area (TPSA) is 106 Å². The lowest BCUT2D eigenvalue weighted by Gasteiger charge is -2.35. The second kappa shape index (κ2) is 9.36. The fraction of sp³-hybridized carbons (Fsp3) is 0.208. The van der Waals surface area contributed by atoms with Gasteiger partial charge in [-0.3, -0.25) is 14.9 Å². The van der Waals surface area contributed by atoms with Gasteiger partial charge in [0.15, 0.2) is 5.76 Å². The second-order valence-electron chi connectivity index (χ2n) is 8.30. The Morgan fingerprint density at radius 3 is 2.35 bits per heavy atom. The highest BCUT2D eigenvalue weighted by Crippen LogP contribution is 2.36. The zero-order valence-corrected chi connectivity index (χ0v) is 19.7. The third-order valence-electron chi connectivity index (χ3n) is 6.08. The Kier molecular flexibility index (Phi) is 6.20. The van der Waals surface area contributed by atoms with Crippen LogP contribution in [0.2, 0.25) is 5.02 Å². The van der Waals surface area contributed by atoms with Gasteiger partial charge >= 0.3 is 12.1 Å². The molecular formula is C24H17ClF3N5O4. The molecule has 0 unspecified atom stereocenters. The third-order valence-corrected chi connectivity index (χ3v) is 6.39. The summed E-state index contributed by atoms with van der Waals surface area (Å²) in [7, 11) is 0. The summed E-state index contributed by atoms with van der Waals surface area (Å²) in [6, 6.07) is 10.5. The van der Waals surface area contributed by atoms with Gasteiger partial charge in [0.05, 0.1) is 17.1 Å². The van der Waals surface area contributed by atoms with Crippen LogP contribution >= 0.6 is 11.6 Å². The summed E-state index contributed by atoms with van der Waals surface area (Å²) in [5, 5.41) is 11.8. The Balaban J connectivity index is 1.36. The van der Waals surface area contributed by atoms with E-state index in [0.717, 1.165) is 18.2 Å². The highest BCUT2D eigenvalue weighted by atomic mass is 35.5. The molecule has 5 rings (SSSR count). The van der Waals surface area contributed by atoms with Gasteiger partial charge in [0.25, 0.3) is 5.91 Å². The number of aromatic nitrogens is 2. The van der Waals surface area contributed by atoms with E-state index in [1.807, 2.05) is 4.90 Å². The summed E-state index contributed by atoms with van der Waals surface area (Å²) in [6.45, 7) is 1.52. The van der Waals surface area contributed by atoms with Crippen LogP contribution < -0.4 is 4.90 Å². The molecule has 37 heavy (non-hydrogen) atoms. The molecule has 2 aromatic carbocycles. The van der Waals surface area contributed by atoms with Crippen molar-refractivity contribution in [2.45, 2.75) is 6.18 Å². The van der Waals surface area contributed by atoms with Crippen molar-refractivity contribution in [3.63, 3.8) is 0 Å². The average molecular weight is 532 g/mol. The number of hydrogen-bond acceptors (Lipinski definition) is 7. The molecule has 0 spiro atoms. The lowest BCUT2D eigenvalue weighted by Crippen LogP contribution is -2.49. The van der Waals surface area contributed by atoms with E-state index in [4.69, 9.17) is 16.0 Å². The van der Waals surface area contributed by atoms with Crippen LogP contribution in [0.3, 0.4) is 0 Å². The van der Waals surface area contributed by atoms with Gasteiger partial charge in [0.2, 0.25) is 0 Å². The van der Waals surface area contributed by atoms with Crippen LogP contribution in [0.4, 0.5) is 24.9 Å². The van der Waals surface area contributed by atoms with Crippen LogP contribution in [-0.2, 0) is 6.18 Å². The zero-order valence-electron chi connectivity index (χ0n) is 18.9. The SMILES string of the molecule is O=C(c1ccc([N+](=O)[O-])o1)N1CCN(c2ncnc3cc(-c4ccc(C(F)(F)F)cc4)c(Cl)cc23)CC1. The number of benzene rings is 2. The van der Waals surface area contributed by atoms with Crippen LogP contribution in [0.15, 0.2) is 59.3 Å². The van der Waals surface area contributed by atoms with E-state index in [1.54, 1.807) is 12.1 Å². The van der Waals surface area contributed by atoms with Gasteiger partial charge in [0.1, 0.15) is 17.1 Å². The lowest BCUT2D eigenvalue weighted by molar-refractivity contribution is -0.402. The van der Waals surface area contributed by atoms with E-state index in [9.17, 15) is 28.1 Å². The van der Waals surface area contributed by atoms with Crippen molar-refractivity contribution in [2.75, 3.05) is 31.1 Å². The first-order valence-electron chi connectivity index (χ1n) is 11.0. The number of carbonyl (C=O) groups is 1. The number of nitrogens with zero attached hydrogens (tertiary/aromatic N) is 5. The van der Waals surface area contributed by atoms with E-state index in [2.05, 4.69) is 9.97 Å². The van der Waals surface area contributed by atoms with Crippen LogP contribution in [-0.4, -0.2) is 51.9 Å². The lowest BCUT2D eigenvalue weighted by atomic mass is 10.0. The number of rotatable bonds is 4. The maximum atomic E-state index is 12.9. The number of carbonyl (C=O) groups excluding carboxylic acids is 1. The highest BCUT2D eigenvalue weighted by Gasteiger charge is 2.30. The van der Waals surface area contributed by atoms with Crippen molar-refractivity contribution in [1.29, 1.82) is 0 Å². The number of halogens is 4. The van der Waals surface area contributed by atoms with Crippen molar-refractivity contribution < 1.29 is 27.3 Å². The molecule has 0 radical (unpaired) electrons. The van der Waals surface area contributed by atoms with Crippen LogP contribution in [0.5, 0.6) is 0 Å². The van der Waals surface area contributed by atoms with Crippen molar-refractivity contribution in [3.05, 3.63) is 81.3 Å². The Labute approximate surface area is 212 Å². The maximum absolute atomic E-state index is 12.9. The number of alkyl halides is 3. The standard InChI is InChI=1S/C24H17ClF3N5O4/c25-18-11-17-19(12-16(18)14-1-3-15(4-2-14)24(26,27)28)29-13-30-22(17)31-7-9-32(10-8-31)23(34)20-5-6-21(37-20)33(35)36/h1-6,11-13H,7-10H2. The van der Waals surface area contributed by atoms with Gasteiger partial charge in [-0.2, -0.15) is 13.2 Å². The largest absolute Gasteiger partial charge is 0.433 e. The average Bonchev–Trinajstić information content (AvgIpc) is 3.38. The van der Waals surface area contributed by atoms with E-state index in [0.29, 0.717) is 59.0 Å². The molecule has 1 aliphatic rings. The Hall–Kier alpha value is -4.19. The first-order valence-corrected chi connectivity index (χ1v) is 11.4. The molecule has 0 atom stereocenters. The molecule has 0 bridgehead atoms. The molecule has 1 saturated heterocycles. The molecule has 13 heteroatoms. The van der Waals surface area contributed by atoms with Gasteiger partial charge < -0.3 is 14.2 Å². The fourth-order valence-corrected chi connectivity index (χ4v) is 4.47. The number of anilines is 1. The summed E-state index contributed by atoms with van der Waals surface area (Å²) < 4.78 is 43.8. The molecule has 1 aliphatic heterocycles. The van der Waals surface area contributed by atoms with Gasteiger partial charge in [0, 0.05) is 42.2 Å². The minimum atomic E-state index is -4.43. The smallest absolute Gasteiger partial charge is 0.395 e. The molecular weight excluding hydrogens is 515 g/mol. The van der Waals surface area contributed by atoms with Gasteiger partial charge in [-0.15, -0.1) is 0 Å². The van der Waals surface area contributed by atoms with Gasteiger partial charge in [-0.05, 0) is 35.9 Å². The first-order chi connectivity index (χ1) is 17.6. The van der Waals surface area contributed by atoms with Gasteiger partial charge in [-0.1, -0.05) is 23.7 Å². The monoisotopic (exact) mass is 531 g/mol. The molecule has 1 amide bonds. The molecule has 4 aromatic rings. The predicted molar refractivity (Wildman–Crippen MR) is 128 cm³/mol. The summed E-state index contributed by atoms with van der Waals surface area (Å²) in [5.74, 6) is -0.437. The number of fused-ring (bicyclic) bond motifs is 1. The van der Waals surface area contributed by atoms with Crippen LogP contribution in [0.25, 0.3) is 22.0 Å². The summed E-state index contributed by atoms with van der Waals surface area (Å²) in [5.41, 5.74) is 0.868. The number of piperazine rings is 1. The quantitative estimate of drug-likeness (QED) is 0.255. The Morgan fingerprint density at radius 1 is 1.03 bits per heavy atom. The normalized spacial score (nSPS) is 14.3. The molecule has 3 heterocycles. The zero-order chi connectivity index (χ0) is 26.3. The number of furan rings is 1. The summed E-state index contributed by atoms with van der Waals surface area (Å²) >= 11 is 6.53. The first kappa shape index (κ1) is 24.5. The van der Waals surface area contributed by atoms with E-state index in [1.165, 1.54) is 29.4 Å². The molecule has 190 valence electrons. The van der Waals surface area contributed by atoms with E-state index < -0.39 is 28.5 Å². The number of nitro groups is 1. The summed E-state index contributed by atoms with van der Waals surface area (Å²) in [6.07, 6.45) is -3.04. The number of amides is 1. The minimum absolute atomic E-state index is 0.102. The van der Waals surface area contributed by atoms with Crippen LogP contribution in [0.1, 0.15) is 16.1 Å². The second-order valence-corrected chi connectivity index (χ2v) is 8.70. The van der Waals surface area contributed by atoms with E-state index in [-0.39, 0.29) is 5.76 Å². The minimum Gasteiger partial charge on any atom is -0.395 e. The molecule has 2 aromatic heterocycles. The van der Waals surface area contributed by atoms with Gasteiger partial charge in [-0.25, -0.2) is 9.97 Å².